The summed E-state index contributed by atoms with van der Waals surface area (Å²) in [4.78, 5) is 0. The Morgan fingerprint density at radius 3 is 3.00 bits per heavy atom. The van der Waals surface area contributed by atoms with Crippen LogP contribution in [0.5, 0.6) is 11.5 Å². The van der Waals surface area contributed by atoms with E-state index < -0.39 is 0 Å². The number of phenols is 1. The van der Waals surface area contributed by atoms with Gasteiger partial charge >= 0.3 is 0 Å². The van der Waals surface area contributed by atoms with Gasteiger partial charge in [-0.1, -0.05) is 0 Å². The van der Waals surface area contributed by atoms with E-state index in [4.69, 9.17) is 9.47 Å². The highest BCUT2D eigenvalue weighted by atomic mass is 16.5. The molecule has 2 heterocycles. The van der Waals surface area contributed by atoms with Crippen molar-refractivity contribution in [3.8, 4) is 11.5 Å². The molecule has 0 amide bonds. The summed E-state index contributed by atoms with van der Waals surface area (Å²) >= 11 is 0. The Bertz CT molecular complexity index is 435. The van der Waals surface area contributed by atoms with Crippen molar-refractivity contribution in [2.45, 2.75) is 44.1 Å². The molecule has 3 rings (SSSR count). The van der Waals surface area contributed by atoms with Crippen molar-refractivity contribution in [2.75, 3.05) is 7.11 Å². The van der Waals surface area contributed by atoms with Gasteiger partial charge in [-0.3, -0.25) is 0 Å². The lowest BCUT2D eigenvalue weighted by Gasteiger charge is -2.20. The fraction of sp³-hybridized carbons (Fsp3) is 0.571. The Balaban J connectivity index is 1.62. The summed E-state index contributed by atoms with van der Waals surface area (Å²) in [6.45, 7) is 0.653. The SMILES string of the molecule is COc1ccc(O)c(CNC2CC3CCC2O3)c1. The van der Waals surface area contributed by atoms with E-state index in [2.05, 4.69) is 5.32 Å². The summed E-state index contributed by atoms with van der Waals surface area (Å²) in [5, 5.41) is 13.3. The lowest BCUT2D eigenvalue weighted by atomic mass is 9.95. The van der Waals surface area contributed by atoms with Crippen LogP contribution < -0.4 is 10.1 Å². The molecule has 2 aliphatic heterocycles. The molecule has 1 aromatic rings. The van der Waals surface area contributed by atoms with Gasteiger partial charge in [0, 0.05) is 18.2 Å². The minimum Gasteiger partial charge on any atom is -0.508 e. The van der Waals surface area contributed by atoms with Crippen LogP contribution in [0.4, 0.5) is 0 Å². The third-order valence-electron chi connectivity index (χ3n) is 3.95. The van der Waals surface area contributed by atoms with Gasteiger partial charge in [0.05, 0.1) is 19.3 Å². The molecule has 2 bridgehead atoms. The Hall–Kier alpha value is -1.26. The van der Waals surface area contributed by atoms with E-state index >= 15 is 0 Å². The first-order chi connectivity index (χ1) is 8.76. The Kier molecular flexibility index (Phi) is 3.14. The van der Waals surface area contributed by atoms with Gasteiger partial charge in [0.25, 0.3) is 0 Å². The summed E-state index contributed by atoms with van der Waals surface area (Å²) in [6.07, 6.45) is 4.27. The molecule has 2 N–H and O–H groups in total. The van der Waals surface area contributed by atoms with E-state index in [9.17, 15) is 5.11 Å². The zero-order valence-corrected chi connectivity index (χ0v) is 10.6. The van der Waals surface area contributed by atoms with Gasteiger partial charge in [-0.25, -0.2) is 0 Å². The molecule has 0 aliphatic carbocycles. The fourth-order valence-electron chi connectivity index (χ4n) is 2.92. The molecule has 2 saturated heterocycles. The monoisotopic (exact) mass is 249 g/mol. The van der Waals surface area contributed by atoms with Crippen LogP contribution in [0.2, 0.25) is 0 Å². The van der Waals surface area contributed by atoms with E-state index in [-0.39, 0.29) is 0 Å². The first-order valence-electron chi connectivity index (χ1n) is 6.51. The van der Waals surface area contributed by atoms with Crippen molar-refractivity contribution in [1.29, 1.82) is 0 Å². The van der Waals surface area contributed by atoms with Gasteiger partial charge in [-0.05, 0) is 37.5 Å². The second kappa shape index (κ2) is 4.78. The van der Waals surface area contributed by atoms with Crippen LogP contribution in [0, 0.1) is 0 Å². The van der Waals surface area contributed by atoms with Crippen LogP contribution in [-0.4, -0.2) is 30.5 Å². The summed E-state index contributed by atoms with van der Waals surface area (Å²) in [7, 11) is 1.63. The molecule has 0 radical (unpaired) electrons. The number of fused-ring (bicyclic) bond motifs is 2. The number of nitrogens with one attached hydrogen (secondary N) is 1. The largest absolute Gasteiger partial charge is 0.508 e. The maximum atomic E-state index is 9.81. The molecule has 0 saturated carbocycles. The number of aromatic hydroxyl groups is 1. The van der Waals surface area contributed by atoms with Crippen LogP contribution in [0.25, 0.3) is 0 Å². The molecule has 3 atom stereocenters. The molecule has 1 aromatic carbocycles. The topological polar surface area (TPSA) is 50.7 Å². The van der Waals surface area contributed by atoms with Crippen LogP contribution in [-0.2, 0) is 11.3 Å². The lowest BCUT2D eigenvalue weighted by molar-refractivity contribution is 0.0972. The maximum absolute atomic E-state index is 9.81. The minimum absolute atomic E-state index is 0.312. The summed E-state index contributed by atoms with van der Waals surface area (Å²) < 4.78 is 11.0. The van der Waals surface area contributed by atoms with Crippen molar-refractivity contribution in [2.24, 2.45) is 0 Å². The van der Waals surface area contributed by atoms with Crippen LogP contribution in [0.1, 0.15) is 24.8 Å². The average Bonchev–Trinajstić information content (AvgIpc) is 3.00. The van der Waals surface area contributed by atoms with E-state index in [1.54, 1.807) is 19.2 Å². The zero-order valence-electron chi connectivity index (χ0n) is 10.6. The summed E-state index contributed by atoms with van der Waals surface area (Å²) in [6, 6.07) is 5.73. The molecule has 18 heavy (non-hydrogen) atoms. The molecule has 3 unspecified atom stereocenters. The van der Waals surface area contributed by atoms with Crippen molar-refractivity contribution < 1.29 is 14.6 Å². The molecular formula is C14H19NO3. The number of methoxy groups -OCH3 is 1. The average molecular weight is 249 g/mol. The van der Waals surface area contributed by atoms with Crippen LogP contribution in [0.3, 0.4) is 0 Å². The fourth-order valence-corrected chi connectivity index (χ4v) is 2.92. The molecule has 4 nitrogen and oxygen atoms in total. The molecular weight excluding hydrogens is 230 g/mol. The number of hydrogen-bond donors (Lipinski definition) is 2. The van der Waals surface area contributed by atoms with E-state index in [0.29, 0.717) is 30.5 Å². The number of benzene rings is 1. The predicted octanol–water partition coefficient (Wildman–Crippen LogP) is 1.81. The van der Waals surface area contributed by atoms with Crippen molar-refractivity contribution in [3.63, 3.8) is 0 Å². The second-order valence-electron chi connectivity index (χ2n) is 5.09. The Morgan fingerprint density at radius 1 is 1.44 bits per heavy atom. The standard InChI is InChI=1S/C14H19NO3/c1-17-10-2-4-13(16)9(6-10)8-15-12-7-11-3-5-14(12)18-11/h2,4,6,11-12,14-16H,3,5,7-8H2,1H3. The number of ether oxygens (including phenoxy) is 2. The van der Waals surface area contributed by atoms with E-state index in [1.807, 2.05) is 6.07 Å². The number of hydrogen-bond acceptors (Lipinski definition) is 4. The Morgan fingerprint density at radius 2 is 2.33 bits per heavy atom. The quantitative estimate of drug-likeness (QED) is 0.854. The molecule has 4 heteroatoms. The van der Waals surface area contributed by atoms with Gasteiger partial charge in [0.1, 0.15) is 11.5 Å². The van der Waals surface area contributed by atoms with Gasteiger partial charge in [-0.15, -0.1) is 0 Å². The summed E-state index contributed by atoms with van der Waals surface area (Å²) in [5.41, 5.74) is 0.872. The normalized spacial score (nSPS) is 29.7. The molecule has 0 spiro atoms. The van der Waals surface area contributed by atoms with Crippen LogP contribution >= 0.6 is 0 Å². The van der Waals surface area contributed by atoms with Gasteiger partial charge in [0.2, 0.25) is 0 Å². The number of rotatable bonds is 4. The zero-order chi connectivity index (χ0) is 12.5. The molecule has 0 aromatic heterocycles. The summed E-state index contributed by atoms with van der Waals surface area (Å²) in [5.74, 6) is 1.08. The van der Waals surface area contributed by atoms with Crippen molar-refractivity contribution >= 4 is 0 Å². The Labute approximate surface area is 107 Å². The molecule has 2 fully saturated rings. The minimum atomic E-state index is 0.312. The maximum Gasteiger partial charge on any atom is 0.120 e. The highest BCUT2D eigenvalue weighted by molar-refractivity contribution is 5.39. The van der Waals surface area contributed by atoms with E-state index in [1.165, 1.54) is 6.42 Å². The van der Waals surface area contributed by atoms with Crippen molar-refractivity contribution in [1.82, 2.24) is 5.32 Å². The molecule has 98 valence electrons. The number of phenolic OH excluding ortho intramolecular Hbond substituents is 1. The second-order valence-corrected chi connectivity index (χ2v) is 5.09. The smallest absolute Gasteiger partial charge is 0.120 e. The van der Waals surface area contributed by atoms with Gasteiger partial charge in [0.15, 0.2) is 0 Å². The highest BCUT2D eigenvalue weighted by Gasteiger charge is 2.40. The predicted molar refractivity (Wildman–Crippen MR) is 67.8 cm³/mol. The van der Waals surface area contributed by atoms with Gasteiger partial charge in [-0.2, -0.15) is 0 Å². The highest BCUT2D eigenvalue weighted by Crippen LogP contribution is 2.34. The lowest BCUT2D eigenvalue weighted by Crippen LogP contribution is -2.36. The third-order valence-corrected chi connectivity index (χ3v) is 3.95. The van der Waals surface area contributed by atoms with Gasteiger partial charge < -0.3 is 19.9 Å². The van der Waals surface area contributed by atoms with E-state index in [0.717, 1.165) is 24.2 Å². The first-order valence-corrected chi connectivity index (χ1v) is 6.51. The molecule has 2 aliphatic rings. The third kappa shape index (κ3) is 2.18. The van der Waals surface area contributed by atoms with Crippen molar-refractivity contribution in [3.05, 3.63) is 23.8 Å². The van der Waals surface area contributed by atoms with Crippen LogP contribution in [0.15, 0.2) is 18.2 Å². The first kappa shape index (κ1) is 11.8.